The summed E-state index contributed by atoms with van der Waals surface area (Å²) in [5.41, 5.74) is 7.17. The van der Waals surface area contributed by atoms with Gasteiger partial charge in [0.1, 0.15) is 10.6 Å². The lowest BCUT2D eigenvalue weighted by atomic mass is 10.2. The van der Waals surface area contributed by atoms with Gasteiger partial charge in [0.05, 0.1) is 11.1 Å². The molecule has 0 bridgehead atoms. The molecule has 0 saturated heterocycles. The molecular weight excluding hydrogens is 304 g/mol. The van der Waals surface area contributed by atoms with E-state index in [1.165, 1.54) is 29.5 Å². The van der Waals surface area contributed by atoms with Crippen LogP contribution in [0.4, 0.5) is 5.82 Å². The molecule has 2 heterocycles. The van der Waals surface area contributed by atoms with Gasteiger partial charge in [-0.25, -0.2) is 9.97 Å². The van der Waals surface area contributed by atoms with Crippen molar-refractivity contribution in [2.24, 2.45) is 5.92 Å². The summed E-state index contributed by atoms with van der Waals surface area (Å²) in [6, 6.07) is 0. The maximum atomic E-state index is 11.7. The van der Waals surface area contributed by atoms with Crippen molar-refractivity contribution >= 4 is 45.0 Å². The lowest BCUT2D eigenvalue weighted by Crippen LogP contribution is -2.27. The summed E-state index contributed by atoms with van der Waals surface area (Å²) >= 11 is 2.96. The summed E-state index contributed by atoms with van der Waals surface area (Å²) in [6.45, 7) is 4.88. The largest absolute Gasteiger partial charge is 0.383 e. The van der Waals surface area contributed by atoms with Gasteiger partial charge in [-0.15, -0.1) is 11.3 Å². The molecule has 0 aliphatic heterocycles. The van der Waals surface area contributed by atoms with E-state index >= 15 is 0 Å². The van der Waals surface area contributed by atoms with Gasteiger partial charge >= 0.3 is 0 Å². The third-order valence-corrected chi connectivity index (χ3v) is 5.60. The molecule has 3 N–H and O–H groups in total. The molecule has 112 valence electrons. The number of hydrogen-bond donors (Lipinski definition) is 2. The number of rotatable bonds is 5. The number of carbonyl (C=O) groups is 1. The Balaban J connectivity index is 1.67. The van der Waals surface area contributed by atoms with E-state index in [9.17, 15) is 4.79 Å². The van der Waals surface area contributed by atoms with Gasteiger partial charge in [0.2, 0.25) is 5.91 Å². The molecule has 1 aliphatic rings. The van der Waals surface area contributed by atoms with Crippen LogP contribution in [-0.4, -0.2) is 28.2 Å². The first kappa shape index (κ1) is 14.6. The van der Waals surface area contributed by atoms with E-state index in [0.717, 1.165) is 22.3 Å². The Kier molecular flexibility index (Phi) is 4.03. The Hall–Kier alpha value is -1.34. The molecule has 21 heavy (non-hydrogen) atoms. The number of thioether (sulfide) groups is 1. The first-order valence-electron chi connectivity index (χ1n) is 6.97. The summed E-state index contributed by atoms with van der Waals surface area (Å²) in [5.74, 6) is 1.57. The van der Waals surface area contributed by atoms with E-state index in [1.807, 2.05) is 6.92 Å². The lowest BCUT2D eigenvalue weighted by molar-refractivity contribution is -0.118. The second-order valence-electron chi connectivity index (χ2n) is 5.39. The Morgan fingerprint density at radius 3 is 2.90 bits per heavy atom. The Morgan fingerprint density at radius 1 is 1.43 bits per heavy atom. The van der Waals surface area contributed by atoms with Gasteiger partial charge in [-0.3, -0.25) is 4.79 Å². The van der Waals surface area contributed by atoms with Gasteiger partial charge in [0.25, 0.3) is 0 Å². The Labute approximate surface area is 131 Å². The number of nitrogen functional groups attached to an aromatic ring is 1. The maximum absolute atomic E-state index is 11.7. The van der Waals surface area contributed by atoms with Gasteiger partial charge in [0, 0.05) is 11.4 Å². The first-order valence-corrected chi connectivity index (χ1v) is 8.77. The molecule has 1 saturated carbocycles. The van der Waals surface area contributed by atoms with Crippen LogP contribution in [-0.2, 0) is 4.79 Å². The zero-order valence-corrected chi connectivity index (χ0v) is 13.7. The fraction of sp³-hybridized carbons (Fsp3) is 0.500. The molecule has 2 aromatic heterocycles. The van der Waals surface area contributed by atoms with Crippen LogP contribution in [0, 0.1) is 19.8 Å². The van der Waals surface area contributed by atoms with Gasteiger partial charge in [-0.1, -0.05) is 11.8 Å². The Bertz CT molecular complexity index is 694. The lowest BCUT2D eigenvalue weighted by Gasteiger charge is -2.04. The van der Waals surface area contributed by atoms with Crippen LogP contribution in [0.2, 0.25) is 0 Å². The van der Waals surface area contributed by atoms with Crippen molar-refractivity contribution in [3.05, 3.63) is 10.4 Å². The fourth-order valence-electron chi connectivity index (χ4n) is 2.09. The smallest absolute Gasteiger partial charge is 0.230 e. The summed E-state index contributed by atoms with van der Waals surface area (Å²) < 4.78 is 0. The van der Waals surface area contributed by atoms with Gasteiger partial charge in [-0.2, -0.15) is 0 Å². The van der Waals surface area contributed by atoms with Crippen molar-refractivity contribution in [1.29, 1.82) is 0 Å². The van der Waals surface area contributed by atoms with Crippen molar-refractivity contribution in [3.8, 4) is 0 Å². The monoisotopic (exact) mass is 322 g/mol. The molecule has 0 spiro atoms. The van der Waals surface area contributed by atoms with Crippen LogP contribution < -0.4 is 11.1 Å². The number of hydrogen-bond acceptors (Lipinski definition) is 6. The summed E-state index contributed by atoms with van der Waals surface area (Å²) in [6.07, 6.45) is 2.47. The molecule has 3 rings (SSSR count). The minimum Gasteiger partial charge on any atom is -0.383 e. The molecule has 7 heteroatoms. The van der Waals surface area contributed by atoms with Crippen molar-refractivity contribution in [1.82, 2.24) is 15.3 Å². The summed E-state index contributed by atoms with van der Waals surface area (Å²) in [5, 5.41) is 4.45. The zero-order chi connectivity index (χ0) is 15.0. The average Bonchev–Trinajstić information content (AvgIpc) is 3.21. The summed E-state index contributed by atoms with van der Waals surface area (Å²) in [4.78, 5) is 22.7. The molecule has 1 fully saturated rings. The third-order valence-electron chi connectivity index (χ3n) is 3.65. The maximum Gasteiger partial charge on any atom is 0.230 e. The van der Waals surface area contributed by atoms with E-state index in [4.69, 9.17) is 5.73 Å². The molecule has 0 aromatic carbocycles. The van der Waals surface area contributed by atoms with E-state index in [0.29, 0.717) is 22.6 Å². The van der Waals surface area contributed by atoms with E-state index in [1.54, 1.807) is 11.3 Å². The predicted octanol–water partition coefficient (Wildman–Crippen LogP) is 2.51. The number of fused-ring (bicyclic) bond motifs is 1. The minimum atomic E-state index is 0.0349. The highest BCUT2D eigenvalue weighted by Crippen LogP contribution is 2.33. The molecule has 5 nitrogen and oxygen atoms in total. The van der Waals surface area contributed by atoms with Gasteiger partial charge in [-0.05, 0) is 38.2 Å². The normalized spacial score (nSPS) is 14.6. The predicted molar refractivity (Wildman–Crippen MR) is 87.8 cm³/mol. The van der Waals surface area contributed by atoms with Crippen molar-refractivity contribution in [2.75, 3.05) is 18.0 Å². The molecule has 1 aliphatic carbocycles. The number of carbonyl (C=O) groups excluding carboxylic acids is 1. The average molecular weight is 322 g/mol. The number of thiophene rings is 1. The van der Waals surface area contributed by atoms with Crippen LogP contribution in [0.3, 0.4) is 0 Å². The first-order chi connectivity index (χ1) is 10.0. The Morgan fingerprint density at radius 2 is 2.19 bits per heavy atom. The highest BCUT2D eigenvalue weighted by atomic mass is 32.2. The van der Waals surface area contributed by atoms with Crippen molar-refractivity contribution in [2.45, 2.75) is 31.8 Å². The van der Waals surface area contributed by atoms with E-state index < -0.39 is 0 Å². The topological polar surface area (TPSA) is 80.9 Å². The number of aromatic nitrogens is 2. The number of anilines is 1. The summed E-state index contributed by atoms with van der Waals surface area (Å²) in [7, 11) is 0. The van der Waals surface area contributed by atoms with Crippen LogP contribution >= 0.6 is 23.1 Å². The standard InChI is InChI=1S/C14H18N4OS2/c1-7-8(2)21-13-11(7)12(15)17-14(18-13)20-6-10(19)16-5-9-3-4-9/h9H,3-6H2,1-2H3,(H,16,19)(H2,15,17,18). The number of nitrogens with zero attached hydrogens (tertiary/aromatic N) is 2. The quantitative estimate of drug-likeness (QED) is 0.653. The van der Waals surface area contributed by atoms with Crippen molar-refractivity contribution in [3.63, 3.8) is 0 Å². The van der Waals surface area contributed by atoms with E-state index in [-0.39, 0.29) is 5.91 Å². The molecule has 0 unspecified atom stereocenters. The number of amides is 1. The van der Waals surface area contributed by atoms with Crippen LogP contribution in [0.15, 0.2) is 5.16 Å². The van der Waals surface area contributed by atoms with Crippen LogP contribution in [0.5, 0.6) is 0 Å². The number of nitrogens with one attached hydrogen (secondary N) is 1. The van der Waals surface area contributed by atoms with Crippen LogP contribution in [0.1, 0.15) is 23.3 Å². The SMILES string of the molecule is Cc1sc2nc(SCC(=O)NCC3CC3)nc(N)c2c1C. The van der Waals surface area contributed by atoms with Crippen LogP contribution in [0.25, 0.3) is 10.2 Å². The fourth-order valence-corrected chi connectivity index (χ4v) is 3.86. The minimum absolute atomic E-state index is 0.0349. The van der Waals surface area contributed by atoms with Gasteiger partial charge < -0.3 is 11.1 Å². The molecule has 0 radical (unpaired) electrons. The zero-order valence-electron chi connectivity index (χ0n) is 12.1. The highest BCUT2D eigenvalue weighted by molar-refractivity contribution is 7.99. The molecular formula is C14H18N4OS2. The molecule has 1 amide bonds. The number of aryl methyl sites for hydroxylation is 2. The second kappa shape index (κ2) is 5.81. The van der Waals surface area contributed by atoms with Gasteiger partial charge in [0.15, 0.2) is 5.16 Å². The molecule has 0 atom stereocenters. The second-order valence-corrected chi connectivity index (χ2v) is 7.54. The van der Waals surface area contributed by atoms with Crippen molar-refractivity contribution < 1.29 is 4.79 Å². The van der Waals surface area contributed by atoms with E-state index in [2.05, 4.69) is 22.2 Å². The molecule has 2 aromatic rings. The highest BCUT2D eigenvalue weighted by Gasteiger charge is 2.21. The third kappa shape index (κ3) is 3.29. The number of nitrogens with two attached hydrogens (primary N) is 1.